The highest BCUT2D eigenvalue weighted by Gasteiger charge is 2.16. The molecule has 0 aliphatic rings. The lowest BCUT2D eigenvalue weighted by atomic mass is 10.0. The molecule has 0 fully saturated rings. The van der Waals surface area contributed by atoms with Gasteiger partial charge in [-0.2, -0.15) is 4.99 Å². The van der Waals surface area contributed by atoms with Gasteiger partial charge in [0.25, 0.3) is 5.91 Å². The Labute approximate surface area is 181 Å². The van der Waals surface area contributed by atoms with Crippen LogP contribution in [0.4, 0.5) is 0 Å². The third-order valence-electron chi connectivity index (χ3n) is 5.31. The summed E-state index contributed by atoms with van der Waals surface area (Å²) in [5.74, 6) is -0.221. The first-order valence-corrected chi connectivity index (χ1v) is 10.7. The maximum Gasteiger partial charge on any atom is 0.279 e. The summed E-state index contributed by atoms with van der Waals surface area (Å²) >= 11 is 1.55. The largest absolute Gasteiger partial charge is 0.319 e. The molecule has 1 heterocycles. The Hall–Kier alpha value is -3.24. The third kappa shape index (κ3) is 3.91. The molecule has 0 spiro atoms. The zero-order valence-electron chi connectivity index (χ0n) is 17.6. The fraction of sp³-hybridized carbons (Fsp3) is 0.154. The van der Waals surface area contributed by atoms with Gasteiger partial charge in [0, 0.05) is 12.6 Å². The van der Waals surface area contributed by atoms with Crippen LogP contribution in [-0.4, -0.2) is 10.5 Å². The Kier molecular flexibility index (Phi) is 5.51. The highest BCUT2D eigenvalue weighted by Crippen LogP contribution is 2.35. The van der Waals surface area contributed by atoms with Crippen molar-refractivity contribution in [1.29, 1.82) is 0 Å². The van der Waals surface area contributed by atoms with Crippen LogP contribution >= 0.6 is 11.3 Å². The van der Waals surface area contributed by atoms with Gasteiger partial charge in [0.15, 0.2) is 4.80 Å². The van der Waals surface area contributed by atoms with Gasteiger partial charge in [0.1, 0.15) is 0 Å². The lowest BCUT2D eigenvalue weighted by molar-refractivity contribution is 0.0998. The van der Waals surface area contributed by atoms with Crippen molar-refractivity contribution in [2.24, 2.45) is 12.0 Å². The summed E-state index contributed by atoms with van der Waals surface area (Å²) in [6.45, 7) is 6.22. The summed E-state index contributed by atoms with van der Waals surface area (Å²) in [7, 11) is 1.98. The number of aromatic nitrogens is 1. The minimum atomic E-state index is -0.221. The summed E-state index contributed by atoms with van der Waals surface area (Å²) in [6.07, 6.45) is 0. The van der Waals surface area contributed by atoms with Gasteiger partial charge in [0.2, 0.25) is 0 Å². The Morgan fingerprint density at radius 2 is 1.60 bits per heavy atom. The van der Waals surface area contributed by atoms with E-state index in [9.17, 15) is 4.79 Å². The highest BCUT2D eigenvalue weighted by atomic mass is 32.1. The number of carbonyl (C=O) groups is 1. The minimum Gasteiger partial charge on any atom is -0.319 e. The Morgan fingerprint density at radius 1 is 0.833 bits per heavy atom. The molecule has 30 heavy (non-hydrogen) atoms. The first-order chi connectivity index (χ1) is 14.4. The SMILES string of the molecule is Cc1cccc(C(=O)N=c2sc(-c3ccccc3)c(-c3ccc(C)c(C)c3)n2C)c1. The van der Waals surface area contributed by atoms with Crippen molar-refractivity contribution >= 4 is 17.2 Å². The quantitative estimate of drug-likeness (QED) is 0.401. The number of rotatable bonds is 3. The van der Waals surface area contributed by atoms with E-state index >= 15 is 0 Å². The summed E-state index contributed by atoms with van der Waals surface area (Å²) in [5.41, 5.74) is 7.48. The van der Waals surface area contributed by atoms with Crippen LogP contribution in [-0.2, 0) is 7.05 Å². The van der Waals surface area contributed by atoms with Crippen LogP contribution in [0.5, 0.6) is 0 Å². The van der Waals surface area contributed by atoms with Crippen LogP contribution in [0.1, 0.15) is 27.0 Å². The molecule has 0 bridgehead atoms. The van der Waals surface area contributed by atoms with Gasteiger partial charge in [-0.05, 0) is 61.2 Å². The molecule has 0 unspecified atom stereocenters. The molecule has 0 saturated heterocycles. The van der Waals surface area contributed by atoms with E-state index in [0.29, 0.717) is 10.4 Å². The fourth-order valence-electron chi connectivity index (χ4n) is 3.48. The van der Waals surface area contributed by atoms with Gasteiger partial charge in [-0.3, -0.25) is 4.79 Å². The van der Waals surface area contributed by atoms with Gasteiger partial charge in [-0.15, -0.1) is 0 Å². The summed E-state index contributed by atoms with van der Waals surface area (Å²) in [6, 6.07) is 24.3. The molecule has 1 amide bonds. The maximum absolute atomic E-state index is 12.8. The van der Waals surface area contributed by atoms with Crippen LogP contribution in [0.2, 0.25) is 0 Å². The predicted octanol–water partition coefficient (Wildman–Crippen LogP) is 6.09. The Morgan fingerprint density at radius 3 is 2.30 bits per heavy atom. The van der Waals surface area contributed by atoms with E-state index in [1.807, 2.05) is 61.0 Å². The van der Waals surface area contributed by atoms with Crippen molar-refractivity contribution in [3.8, 4) is 21.7 Å². The normalized spacial score (nSPS) is 11.7. The molecular weight excluding hydrogens is 388 g/mol. The van der Waals surface area contributed by atoms with Gasteiger partial charge < -0.3 is 4.57 Å². The van der Waals surface area contributed by atoms with Gasteiger partial charge in [-0.1, -0.05) is 71.5 Å². The zero-order chi connectivity index (χ0) is 21.3. The monoisotopic (exact) mass is 412 g/mol. The lowest BCUT2D eigenvalue weighted by Crippen LogP contribution is -2.14. The third-order valence-corrected chi connectivity index (χ3v) is 6.49. The number of thiazole rings is 1. The number of hydrogen-bond donors (Lipinski definition) is 0. The predicted molar refractivity (Wildman–Crippen MR) is 125 cm³/mol. The Bertz CT molecular complexity index is 1300. The van der Waals surface area contributed by atoms with E-state index in [2.05, 4.69) is 49.2 Å². The Balaban J connectivity index is 1.92. The molecule has 3 nitrogen and oxygen atoms in total. The number of amides is 1. The molecule has 0 atom stereocenters. The second-order valence-corrected chi connectivity index (χ2v) is 8.55. The van der Waals surface area contributed by atoms with Crippen LogP contribution in [0, 0.1) is 20.8 Å². The smallest absolute Gasteiger partial charge is 0.279 e. The summed E-state index contributed by atoms with van der Waals surface area (Å²) in [4.78, 5) is 19.1. The van der Waals surface area contributed by atoms with Gasteiger partial charge in [-0.25, -0.2) is 0 Å². The highest BCUT2D eigenvalue weighted by molar-refractivity contribution is 7.13. The van der Waals surface area contributed by atoms with E-state index in [4.69, 9.17) is 0 Å². The molecule has 0 N–H and O–H groups in total. The number of hydrogen-bond acceptors (Lipinski definition) is 2. The minimum absolute atomic E-state index is 0.221. The van der Waals surface area contributed by atoms with E-state index in [-0.39, 0.29) is 5.91 Å². The van der Waals surface area contributed by atoms with Crippen molar-refractivity contribution < 1.29 is 4.79 Å². The molecule has 4 aromatic rings. The van der Waals surface area contributed by atoms with Crippen molar-refractivity contribution in [3.63, 3.8) is 0 Å². The van der Waals surface area contributed by atoms with E-state index < -0.39 is 0 Å². The number of nitrogens with zero attached hydrogens (tertiary/aromatic N) is 2. The van der Waals surface area contributed by atoms with Gasteiger partial charge >= 0.3 is 0 Å². The average molecular weight is 413 g/mol. The molecule has 1 aromatic heterocycles. The molecular formula is C26H24N2OS. The maximum atomic E-state index is 12.8. The van der Waals surface area contributed by atoms with E-state index in [0.717, 1.165) is 27.3 Å². The molecule has 0 aliphatic carbocycles. The van der Waals surface area contributed by atoms with Crippen molar-refractivity contribution in [3.05, 3.63) is 99.9 Å². The summed E-state index contributed by atoms with van der Waals surface area (Å²) < 4.78 is 2.03. The average Bonchev–Trinajstić information content (AvgIpc) is 3.07. The topological polar surface area (TPSA) is 34.4 Å². The van der Waals surface area contributed by atoms with Gasteiger partial charge in [0.05, 0.1) is 10.6 Å². The summed E-state index contributed by atoms with van der Waals surface area (Å²) in [5, 5.41) is 0. The lowest BCUT2D eigenvalue weighted by Gasteiger charge is -2.09. The first-order valence-electron chi connectivity index (χ1n) is 9.92. The van der Waals surface area contributed by atoms with Crippen molar-refractivity contribution in [1.82, 2.24) is 4.57 Å². The molecule has 4 heteroatoms. The van der Waals surface area contributed by atoms with E-state index in [1.165, 1.54) is 11.1 Å². The number of carbonyl (C=O) groups excluding carboxylic acids is 1. The van der Waals surface area contributed by atoms with Crippen molar-refractivity contribution in [2.45, 2.75) is 20.8 Å². The zero-order valence-corrected chi connectivity index (χ0v) is 18.5. The molecule has 4 rings (SSSR count). The fourth-order valence-corrected chi connectivity index (χ4v) is 4.63. The standard InChI is InChI=1S/C26H24N2OS/c1-17-9-8-12-22(15-17)25(29)27-26-28(4)23(21-14-13-18(2)19(3)16-21)24(30-26)20-10-6-5-7-11-20/h5-16H,1-4H3. The molecule has 0 radical (unpaired) electrons. The number of aryl methyl sites for hydroxylation is 3. The second kappa shape index (κ2) is 8.25. The molecule has 3 aromatic carbocycles. The molecule has 0 saturated carbocycles. The van der Waals surface area contributed by atoms with Crippen LogP contribution in [0.3, 0.4) is 0 Å². The molecule has 0 aliphatic heterocycles. The van der Waals surface area contributed by atoms with Crippen LogP contribution in [0.25, 0.3) is 21.7 Å². The molecule has 150 valence electrons. The number of benzene rings is 3. The first kappa shape index (κ1) is 20.0. The van der Waals surface area contributed by atoms with E-state index in [1.54, 1.807) is 11.3 Å². The van der Waals surface area contributed by atoms with Crippen LogP contribution < -0.4 is 4.80 Å². The van der Waals surface area contributed by atoms with Crippen molar-refractivity contribution in [2.75, 3.05) is 0 Å². The van der Waals surface area contributed by atoms with Crippen LogP contribution in [0.15, 0.2) is 77.8 Å². The second-order valence-electron chi connectivity index (χ2n) is 7.57.